The van der Waals surface area contributed by atoms with Gasteiger partial charge in [-0.3, -0.25) is 4.79 Å². The van der Waals surface area contributed by atoms with Gasteiger partial charge in [0.15, 0.2) is 0 Å². The molecule has 1 aromatic heterocycles. The third-order valence-electron chi connectivity index (χ3n) is 6.04. The minimum Gasteiger partial charge on any atom is -0.495 e. The molecular formula is C26H30ClN3O4. The molecule has 1 aromatic carbocycles. The van der Waals surface area contributed by atoms with E-state index in [4.69, 9.17) is 21.1 Å². The van der Waals surface area contributed by atoms with Crippen LogP contribution in [-0.4, -0.2) is 47.7 Å². The fourth-order valence-corrected chi connectivity index (χ4v) is 4.63. The lowest BCUT2D eigenvalue weighted by molar-refractivity contribution is -0.115. The molecule has 0 bridgehead atoms. The zero-order valence-electron chi connectivity index (χ0n) is 19.9. The second-order valence-electron chi connectivity index (χ2n) is 9.83. The van der Waals surface area contributed by atoms with Gasteiger partial charge >= 0.3 is 6.09 Å². The molecule has 8 heteroatoms. The summed E-state index contributed by atoms with van der Waals surface area (Å²) in [5, 5.41) is 3.16. The van der Waals surface area contributed by atoms with Crippen LogP contribution in [0.5, 0.6) is 5.75 Å². The van der Waals surface area contributed by atoms with Crippen molar-refractivity contribution in [3.05, 3.63) is 58.8 Å². The van der Waals surface area contributed by atoms with Crippen molar-refractivity contribution in [2.75, 3.05) is 25.5 Å². The topological polar surface area (TPSA) is 80.8 Å². The molecule has 1 saturated heterocycles. The molecular weight excluding hydrogens is 454 g/mol. The highest BCUT2D eigenvalue weighted by atomic mass is 35.5. The Morgan fingerprint density at radius 1 is 1.21 bits per heavy atom. The van der Waals surface area contributed by atoms with Crippen molar-refractivity contribution >= 4 is 35.0 Å². The number of amides is 2. The predicted molar refractivity (Wildman–Crippen MR) is 132 cm³/mol. The number of rotatable bonds is 5. The van der Waals surface area contributed by atoms with E-state index in [1.165, 1.54) is 18.9 Å². The number of benzene rings is 1. The number of carbonyl (C=O) groups excluding carboxylic acids is 2. The number of ether oxygens (including phenoxy) is 2. The van der Waals surface area contributed by atoms with E-state index in [2.05, 4.69) is 28.5 Å². The standard InChI is InChI=1S/C26H30ClN3O4/c1-26(2,3)34-25(32)30-14-19-10-18(11-20(19)15-30)17-7-5-16(6-8-17)9-24(31)29-23-12-22(33-4)21(27)13-28-23/h5-8,10,12-13,19-20H,9,11,14-15H2,1-4H3,(H,28,29,31). The van der Waals surface area contributed by atoms with Crippen molar-refractivity contribution in [3.8, 4) is 5.75 Å². The first-order chi connectivity index (χ1) is 16.1. The minimum atomic E-state index is -0.480. The van der Waals surface area contributed by atoms with Crippen LogP contribution < -0.4 is 10.1 Å². The molecule has 2 heterocycles. The van der Waals surface area contributed by atoms with Gasteiger partial charge in [-0.25, -0.2) is 9.78 Å². The van der Waals surface area contributed by atoms with Crippen molar-refractivity contribution < 1.29 is 19.1 Å². The third kappa shape index (κ3) is 5.70. The Kier molecular flexibility index (Phi) is 6.84. The Bertz CT molecular complexity index is 1110. The van der Waals surface area contributed by atoms with Crippen molar-refractivity contribution in [2.45, 2.75) is 39.2 Å². The van der Waals surface area contributed by atoms with Gasteiger partial charge in [0, 0.05) is 19.2 Å². The van der Waals surface area contributed by atoms with Crippen LogP contribution in [0.1, 0.15) is 38.3 Å². The fourth-order valence-electron chi connectivity index (χ4n) is 4.45. The summed E-state index contributed by atoms with van der Waals surface area (Å²) in [6.45, 7) is 7.09. The summed E-state index contributed by atoms with van der Waals surface area (Å²) in [5.41, 5.74) is 2.89. The van der Waals surface area contributed by atoms with E-state index < -0.39 is 5.60 Å². The average molecular weight is 484 g/mol. The smallest absolute Gasteiger partial charge is 0.410 e. The number of hydrogen-bond donors (Lipinski definition) is 1. The number of anilines is 1. The van der Waals surface area contributed by atoms with E-state index in [0.717, 1.165) is 24.1 Å². The Morgan fingerprint density at radius 2 is 1.94 bits per heavy atom. The van der Waals surface area contributed by atoms with Gasteiger partial charge in [0.2, 0.25) is 5.91 Å². The van der Waals surface area contributed by atoms with Crippen LogP contribution >= 0.6 is 11.6 Å². The molecule has 34 heavy (non-hydrogen) atoms. The minimum absolute atomic E-state index is 0.165. The number of carbonyl (C=O) groups is 2. The summed E-state index contributed by atoms with van der Waals surface area (Å²) in [7, 11) is 1.51. The second-order valence-corrected chi connectivity index (χ2v) is 10.2. The summed E-state index contributed by atoms with van der Waals surface area (Å²) in [5.74, 6) is 1.47. The van der Waals surface area contributed by atoms with E-state index in [1.54, 1.807) is 6.07 Å². The van der Waals surface area contributed by atoms with Crippen molar-refractivity contribution in [1.82, 2.24) is 9.88 Å². The van der Waals surface area contributed by atoms with Gasteiger partial charge in [-0.1, -0.05) is 41.9 Å². The van der Waals surface area contributed by atoms with Crippen LogP contribution in [-0.2, 0) is 16.0 Å². The molecule has 4 rings (SSSR count). The molecule has 0 spiro atoms. The maximum Gasteiger partial charge on any atom is 0.410 e. The maximum absolute atomic E-state index is 12.4. The normalized spacial score (nSPS) is 19.4. The van der Waals surface area contributed by atoms with Gasteiger partial charge < -0.3 is 19.7 Å². The van der Waals surface area contributed by atoms with E-state index in [1.807, 2.05) is 37.8 Å². The highest BCUT2D eigenvalue weighted by Gasteiger charge is 2.39. The zero-order valence-corrected chi connectivity index (χ0v) is 20.7. The lowest BCUT2D eigenvalue weighted by Crippen LogP contribution is -2.35. The summed E-state index contributed by atoms with van der Waals surface area (Å²) in [4.78, 5) is 30.7. The van der Waals surface area contributed by atoms with Gasteiger partial charge in [0.25, 0.3) is 0 Å². The average Bonchev–Trinajstić information content (AvgIpc) is 3.34. The van der Waals surface area contributed by atoms with Crippen LogP contribution in [0.25, 0.3) is 5.57 Å². The number of methoxy groups -OCH3 is 1. The molecule has 7 nitrogen and oxygen atoms in total. The molecule has 2 aliphatic rings. The molecule has 0 saturated carbocycles. The lowest BCUT2D eigenvalue weighted by atomic mass is 9.98. The molecule has 1 fully saturated rings. The summed E-state index contributed by atoms with van der Waals surface area (Å²) in [6, 6.07) is 9.67. The van der Waals surface area contributed by atoms with Gasteiger partial charge in [0.05, 0.1) is 19.7 Å². The Hall–Kier alpha value is -3.06. The molecule has 2 unspecified atom stereocenters. The van der Waals surface area contributed by atoms with Crippen LogP contribution in [0.2, 0.25) is 5.02 Å². The molecule has 2 aromatic rings. The van der Waals surface area contributed by atoms with Gasteiger partial charge in [-0.05, 0) is 55.7 Å². The number of likely N-dealkylation sites (tertiary alicyclic amines) is 1. The molecule has 0 radical (unpaired) electrons. The van der Waals surface area contributed by atoms with Crippen molar-refractivity contribution in [1.29, 1.82) is 0 Å². The van der Waals surface area contributed by atoms with E-state index in [-0.39, 0.29) is 18.4 Å². The van der Waals surface area contributed by atoms with Crippen molar-refractivity contribution in [2.24, 2.45) is 11.8 Å². The first kappa shape index (κ1) is 24.1. The SMILES string of the molecule is COc1cc(NC(=O)Cc2ccc(C3=CC4CN(C(=O)OC(C)(C)C)CC4C3)cc2)ncc1Cl. The number of pyridine rings is 1. The van der Waals surface area contributed by atoms with Crippen LogP contribution in [0.4, 0.5) is 10.6 Å². The molecule has 1 N–H and O–H groups in total. The largest absolute Gasteiger partial charge is 0.495 e. The van der Waals surface area contributed by atoms with Gasteiger partial charge in [-0.2, -0.15) is 0 Å². The van der Waals surface area contributed by atoms with Crippen molar-refractivity contribution in [3.63, 3.8) is 0 Å². The monoisotopic (exact) mass is 483 g/mol. The number of nitrogens with one attached hydrogen (secondary N) is 1. The molecule has 2 amide bonds. The van der Waals surface area contributed by atoms with E-state index in [0.29, 0.717) is 35.0 Å². The number of aromatic nitrogens is 1. The quantitative estimate of drug-likeness (QED) is 0.632. The van der Waals surface area contributed by atoms with Gasteiger partial charge in [0.1, 0.15) is 22.2 Å². The first-order valence-corrected chi connectivity index (χ1v) is 11.8. The third-order valence-corrected chi connectivity index (χ3v) is 6.32. The fraction of sp³-hybridized carbons (Fsp3) is 0.423. The molecule has 2 atom stereocenters. The second kappa shape index (κ2) is 9.66. The lowest BCUT2D eigenvalue weighted by Gasteiger charge is -2.24. The number of hydrogen-bond acceptors (Lipinski definition) is 5. The Morgan fingerprint density at radius 3 is 2.59 bits per heavy atom. The predicted octanol–water partition coefficient (Wildman–Crippen LogP) is 5.20. The summed E-state index contributed by atoms with van der Waals surface area (Å²) in [6.07, 6.45) is 4.68. The van der Waals surface area contributed by atoms with Crippen LogP contribution in [0.15, 0.2) is 42.6 Å². The Balaban J connectivity index is 1.32. The Labute approximate surface area is 205 Å². The molecule has 1 aliphatic heterocycles. The summed E-state index contributed by atoms with van der Waals surface area (Å²) >= 11 is 5.98. The van der Waals surface area contributed by atoms with Gasteiger partial charge in [-0.15, -0.1) is 0 Å². The number of nitrogens with zero attached hydrogens (tertiary/aromatic N) is 2. The van der Waals surface area contributed by atoms with Crippen LogP contribution in [0, 0.1) is 11.8 Å². The first-order valence-electron chi connectivity index (χ1n) is 11.4. The maximum atomic E-state index is 12.4. The summed E-state index contributed by atoms with van der Waals surface area (Å²) < 4.78 is 10.7. The van der Waals surface area contributed by atoms with E-state index >= 15 is 0 Å². The van der Waals surface area contributed by atoms with Crippen LogP contribution in [0.3, 0.4) is 0 Å². The zero-order chi connectivity index (χ0) is 24.5. The highest BCUT2D eigenvalue weighted by molar-refractivity contribution is 6.32. The highest BCUT2D eigenvalue weighted by Crippen LogP contribution is 2.41. The van der Waals surface area contributed by atoms with E-state index in [9.17, 15) is 9.59 Å². The number of halogens is 1. The molecule has 180 valence electrons. The molecule has 1 aliphatic carbocycles. The number of fused-ring (bicyclic) bond motifs is 1. The number of allylic oxidation sites excluding steroid dienone is 1.